The third-order valence-electron chi connectivity index (χ3n) is 1.98. The maximum absolute atomic E-state index is 11.6. The van der Waals surface area contributed by atoms with E-state index in [0.29, 0.717) is 17.1 Å². The van der Waals surface area contributed by atoms with E-state index in [0.717, 1.165) is 11.8 Å². The number of hydrogen-bond donors (Lipinski definition) is 3. The van der Waals surface area contributed by atoms with Crippen LogP contribution < -0.4 is 21.5 Å². The van der Waals surface area contributed by atoms with Gasteiger partial charge in [0.15, 0.2) is 0 Å². The van der Waals surface area contributed by atoms with Crippen LogP contribution >= 0.6 is 11.8 Å². The van der Waals surface area contributed by atoms with Crippen molar-refractivity contribution >= 4 is 35.0 Å². The third kappa shape index (κ3) is 4.54. The number of carbonyl (C=O) groups is 2. The molecule has 0 unspecified atom stereocenters. The van der Waals surface area contributed by atoms with Crippen LogP contribution in [0, 0.1) is 0 Å². The number of anilines is 2. The van der Waals surface area contributed by atoms with Crippen molar-refractivity contribution in [3.05, 3.63) is 18.2 Å². The summed E-state index contributed by atoms with van der Waals surface area (Å²) in [5.41, 5.74) is 11.7. The van der Waals surface area contributed by atoms with Crippen LogP contribution in [0.4, 0.5) is 11.4 Å². The van der Waals surface area contributed by atoms with Gasteiger partial charge in [0.1, 0.15) is 5.75 Å². The topological polar surface area (TPSA) is 107 Å². The summed E-state index contributed by atoms with van der Waals surface area (Å²) in [6.45, 7) is 0. The second kappa shape index (κ2) is 6.75. The van der Waals surface area contributed by atoms with Gasteiger partial charge in [0.2, 0.25) is 11.8 Å². The van der Waals surface area contributed by atoms with Gasteiger partial charge in [-0.15, -0.1) is 11.8 Å². The minimum Gasteiger partial charge on any atom is -0.494 e. The van der Waals surface area contributed by atoms with E-state index in [2.05, 4.69) is 5.32 Å². The van der Waals surface area contributed by atoms with Crippen LogP contribution in [0.1, 0.15) is 0 Å². The highest BCUT2D eigenvalue weighted by Crippen LogP contribution is 2.26. The van der Waals surface area contributed by atoms with Crippen LogP contribution in [0.2, 0.25) is 0 Å². The van der Waals surface area contributed by atoms with Crippen molar-refractivity contribution in [1.82, 2.24) is 0 Å². The number of rotatable bonds is 6. The zero-order valence-electron chi connectivity index (χ0n) is 9.93. The fourth-order valence-electron chi connectivity index (χ4n) is 1.24. The summed E-state index contributed by atoms with van der Waals surface area (Å²) in [4.78, 5) is 22.1. The van der Waals surface area contributed by atoms with Crippen molar-refractivity contribution in [2.24, 2.45) is 5.73 Å². The molecule has 5 N–H and O–H groups in total. The van der Waals surface area contributed by atoms with Crippen LogP contribution in [0.3, 0.4) is 0 Å². The number of nitrogens with one attached hydrogen (secondary N) is 1. The molecule has 1 rings (SSSR count). The van der Waals surface area contributed by atoms with Gasteiger partial charge in [-0.3, -0.25) is 9.59 Å². The van der Waals surface area contributed by atoms with Crippen LogP contribution in [-0.2, 0) is 9.59 Å². The van der Waals surface area contributed by atoms with Gasteiger partial charge in [0, 0.05) is 11.8 Å². The summed E-state index contributed by atoms with van der Waals surface area (Å²) in [7, 11) is 1.49. The molecule has 0 aliphatic carbocycles. The van der Waals surface area contributed by atoms with Crippen LogP contribution in [0.5, 0.6) is 5.75 Å². The van der Waals surface area contributed by atoms with Gasteiger partial charge in [-0.25, -0.2) is 0 Å². The summed E-state index contributed by atoms with van der Waals surface area (Å²) in [6, 6.07) is 4.94. The smallest absolute Gasteiger partial charge is 0.234 e. The zero-order chi connectivity index (χ0) is 13.5. The maximum Gasteiger partial charge on any atom is 0.234 e. The molecule has 0 aliphatic rings. The Bertz CT molecular complexity index is 451. The normalized spacial score (nSPS) is 9.83. The zero-order valence-corrected chi connectivity index (χ0v) is 10.8. The summed E-state index contributed by atoms with van der Waals surface area (Å²) < 4.78 is 5.09. The molecule has 0 bridgehead atoms. The molecule has 0 atom stereocenters. The molecule has 1 aromatic carbocycles. The van der Waals surface area contributed by atoms with Crippen molar-refractivity contribution < 1.29 is 14.3 Å². The van der Waals surface area contributed by atoms with Gasteiger partial charge in [0.25, 0.3) is 0 Å². The predicted molar refractivity (Wildman–Crippen MR) is 72.6 cm³/mol. The Morgan fingerprint density at radius 2 is 2.11 bits per heavy atom. The molecule has 2 amide bonds. The van der Waals surface area contributed by atoms with Gasteiger partial charge in [-0.1, -0.05) is 0 Å². The molecule has 0 radical (unpaired) electrons. The highest BCUT2D eigenvalue weighted by molar-refractivity contribution is 8.00. The molecule has 0 saturated carbocycles. The standard InChI is InChI=1S/C11H15N3O3S/c1-17-9-4-7(12)2-3-8(9)14-11(16)6-18-5-10(13)15/h2-4H,5-6,12H2,1H3,(H2,13,15)(H,14,16). The van der Waals surface area contributed by atoms with Crippen LogP contribution in [0.15, 0.2) is 18.2 Å². The second-order valence-electron chi connectivity index (χ2n) is 3.47. The fourth-order valence-corrected chi connectivity index (χ4v) is 1.80. The molecule has 6 nitrogen and oxygen atoms in total. The summed E-state index contributed by atoms with van der Waals surface area (Å²) >= 11 is 1.15. The van der Waals surface area contributed by atoms with Crippen molar-refractivity contribution in [2.75, 3.05) is 29.7 Å². The Balaban J connectivity index is 2.56. The third-order valence-corrected chi connectivity index (χ3v) is 2.93. The van der Waals surface area contributed by atoms with Gasteiger partial charge in [-0.05, 0) is 12.1 Å². The second-order valence-corrected chi connectivity index (χ2v) is 4.45. The number of nitrogen functional groups attached to an aromatic ring is 1. The lowest BCUT2D eigenvalue weighted by molar-refractivity contribution is -0.115. The highest BCUT2D eigenvalue weighted by Gasteiger charge is 2.08. The van der Waals surface area contributed by atoms with E-state index >= 15 is 0 Å². The van der Waals surface area contributed by atoms with E-state index < -0.39 is 5.91 Å². The number of benzene rings is 1. The van der Waals surface area contributed by atoms with E-state index in [1.165, 1.54) is 7.11 Å². The number of thioether (sulfide) groups is 1. The quantitative estimate of drug-likeness (QED) is 0.649. The van der Waals surface area contributed by atoms with Crippen molar-refractivity contribution in [3.63, 3.8) is 0 Å². The Morgan fingerprint density at radius 3 is 2.72 bits per heavy atom. The molecular formula is C11H15N3O3S. The Labute approximate surface area is 109 Å². The Kier molecular flexibility index (Phi) is 5.31. The van der Waals surface area contributed by atoms with E-state index in [1.807, 2.05) is 0 Å². The van der Waals surface area contributed by atoms with Crippen LogP contribution in [-0.4, -0.2) is 30.4 Å². The van der Waals surface area contributed by atoms with E-state index in [4.69, 9.17) is 16.2 Å². The number of methoxy groups -OCH3 is 1. The largest absolute Gasteiger partial charge is 0.494 e. The number of hydrogen-bond acceptors (Lipinski definition) is 5. The molecule has 0 fully saturated rings. The molecule has 1 aromatic rings. The lowest BCUT2D eigenvalue weighted by atomic mass is 10.2. The fraction of sp³-hybridized carbons (Fsp3) is 0.273. The van der Waals surface area contributed by atoms with E-state index in [9.17, 15) is 9.59 Å². The monoisotopic (exact) mass is 269 g/mol. The number of nitrogens with two attached hydrogens (primary N) is 2. The molecule has 0 aromatic heterocycles. The van der Waals surface area contributed by atoms with E-state index in [1.54, 1.807) is 18.2 Å². The Morgan fingerprint density at radius 1 is 1.39 bits per heavy atom. The van der Waals surface area contributed by atoms with Gasteiger partial charge >= 0.3 is 0 Å². The number of carbonyl (C=O) groups excluding carboxylic acids is 2. The molecule has 0 aliphatic heterocycles. The lowest BCUT2D eigenvalue weighted by Gasteiger charge is -2.10. The molecule has 98 valence electrons. The van der Waals surface area contributed by atoms with Crippen LogP contribution in [0.25, 0.3) is 0 Å². The maximum atomic E-state index is 11.6. The molecule has 0 spiro atoms. The summed E-state index contributed by atoms with van der Waals surface area (Å²) in [6.07, 6.45) is 0. The summed E-state index contributed by atoms with van der Waals surface area (Å²) in [5.74, 6) is 0.0772. The highest BCUT2D eigenvalue weighted by atomic mass is 32.2. The average Bonchev–Trinajstić information content (AvgIpc) is 2.31. The molecule has 0 saturated heterocycles. The first-order chi connectivity index (χ1) is 8.52. The summed E-state index contributed by atoms with van der Waals surface area (Å²) in [5, 5.41) is 2.67. The first kappa shape index (κ1) is 14.2. The first-order valence-electron chi connectivity index (χ1n) is 5.12. The van der Waals surface area contributed by atoms with E-state index in [-0.39, 0.29) is 17.4 Å². The number of ether oxygens (including phenoxy) is 1. The van der Waals surface area contributed by atoms with Crippen molar-refractivity contribution in [3.8, 4) is 5.75 Å². The molecule has 18 heavy (non-hydrogen) atoms. The SMILES string of the molecule is COc1cc(N)ccc1NC(=O)CSCC(N)=O. The average molecular weight is 269 g/mol. The predicted octanol–water partition coefficient (Wildman–Crippen LogP) is 0.434. The van der Waals surface area contributed by atoms with Gasteiger partial charge in [-0.2, -0.15) is 0 Å². The molecule has 7 heteroatoms. The minimum atomic E-state index is -0.446. The number of primary amides is 1. The van der Waals surface area contributed by atoms with Gasteiger partial charge < -0.3 is 21.5 Å². The Hall–Kier alpha value is -1.89. The molecule has 0 heterocycles. The first-order valence-corrected chi connectivity index (χ1v) is 6.28. The minimum absolute atomic E-state index is 0.117. The van der Waals surface area contributed by atoms with Crippen molar-refractivity contribution in [2.45, 2.75) is 0 Å². The van der Waals surface area contributed by atoms with Crippen molar-refractivity contribution in [1.29, 1.82) is 0 Å². The lowest BCUT2D eigenvalue weighted by Crippen LogP contribution is -2.18. The molecular weight excluding hydrogens is 254 g/mol. The number of amides is 2. The van der Waals surface area contributed by atoms with Gasteiger partial charge in [0.05, 0.1) is 24.3 Å².